The fourth-order valence-corrected chi connectivity index (χ4v) is 4.28. The number of furan rings is 1. The molecule has 2 N–H and O–H groups in total. The normalized spacial score (nSPS) is 16.1. The van der Waals surface area contributed by atoms with Gasteiger partial charge in [-0.3, -0.25) is 9.48 Å². The molecule has 1 atom stereocenters. The van der Waals surface area contributed by atoms with Gasteiger partial charge in [-0.1, -0.05) is 41.9 Å². The zero-order valence-corrected chi connectivity index (χ0v) is 17.9. The second-order valence-electron chi connectivity index (χ2n) is 7.95. The summed E-state index contributed by atoms with van der Waals surface area (Å²) < 4.78 is 8.03. The Morgan fingerprint density at radius 3 is 2.87 bits per heavy atom. The molecule has 158 valence electrons. The number of hydrogen-bond donors (Lipinski definition) is 2. The van der Waals surface area contributed by atoms with Crippen LogP contribution in [-0.2, 0) is 6.54 Å². The maximum Gasteiger partial charge on any atom is 0.272 e. The van der Waals surface area contributed by atoms with Gasteiger partial charge in [0.05, 0.1) is 6.54 Å². The van der Waals surface area contributed by atoms with Crippen LogP contribution in [0.25, 0.3) is 22.3 Å². The van der Waals surface area contributed by atoms with E-state index >= 15 is 0 Å². The summed E-state index contributed by atoms with van der Waals surface area (Å²) >= 11 is 6.39. The third kappa shape index (κ3) is 4.09. The molecule has 0 saturated carbocycles. The van der Waals surface area contributed by atoms with Crippen LogP contribution in [0.4, 0.5) is 0 Å². The number of carbonyl (C=O) groups is 1. The van der Waals surface area contributed by atoms with E-state index in [1.807, 2.05) is 66.2 Å². The van der Waals surface area contributed by atoms with Gasteiger partial charge < -0.3 is 15.1 Å². The minimum absolute atomic E-state index is 0.142. The molecule has 2 aromatic heterocycles. The fraction of sp³-hybridized carbons (Fsp3) is 0.250. The summed E-state index contributed by atoms with van der Waals surface area (Å²) in [5.41, 5.74) is 4.03. The number of halogens is 1. The summed E-state index contributed by atoms with van der Waals surface area (Å²) in [7, 11) is 0. The first-order chi connectivity index (χ1) is 15.1. The maximum absolute atomic E-state index is 12.6. The predicted molar refractivity (Wildman–Crippen MR) is 121 cm³/mol. The largest absolute Gasteiger partial charge is 0.456 e. The summed E-state index contributed by atoms with van der Waals surface area (Å²) in [5.74, 6) is 0.651. The highest BCUT2D eigenvalue weighted by molar-refractivity contribution is 6.31. The number of nitrogens with zero attached hydrogens (tertiary/aromatic N) is 2. The average Bonchev–Trinajstić information content (AvgIpc) is 3.49. The Hall–Kier alpha value is -3.09. The topological polar surface area (TPSA) is 72.1 Å². The van der Waals surface area contributed by atoms with Gasteiger partial charge in [0.15, 0.2) is 0 Å². The van der Waals surface area contributed by atoms with Gasteiger partial charge in [-0.05, 0) is 44.2 Å². The summed E-state index contributed by atoms with van der Waals surface area (Å²) in [6.07, 6.45) is 0.939. The van der Waals surface area contributed by atoms with Gasteiger partial charge >= 0.3 is 0 Å². The summed E-state index contributed by atoms with van der Waals surface area (Å²) in [4.78, 5) is 12.6. The number of amides is 1. The quantitative estimate of drug-likeness (QED) is 0.488. The van der Waals surface area contributed by atoms with E-state index in [4.69, 9.17) is 16.0 Å². The number of hydrogen-bond acceptors (Lipinski definition) is 4. The van der Waals surface area contributed by atoms with Gasteiger partial charge in [-0.25, -0.2) is 0 Å². The fourth-order valence-electron chi connectivity index (χ4n) is 4.03. The lowest BCUT2D eigenvalue weighted by atomic mass is 10.1. The highest BCUT2D eigenvalue weighted by Gasteiger charge is 2.20. The van der Waals surface area contributed by atoms with Crippen LogP contribution < -0.4 is 10.6 Å². The van der Waals surface area contributed by atoms with Crippen LogP contribution in [0.15, 0.2) is 59.0 Å². The Morgan fingerprint density at radius 1 is 1.26 bits per heavy atom. The second-order valence-corrected chi connectivity index (χ2v) is 8.39. The van der Waals surface area contributed by atoms with Crippen LogP contribution >= 0.6 is 11.6 Å². The van der Waals surface area contributed by atoms with Gasteiger partial charge in [-0.2, -0.15) is 5.10 Å². The zero-order valence-electron chi connectivity index (χ0n) is 17.2. The molecule has 0 aliphatic carbocycles. The average molecular weight is 435 g/mol. The number of aryl methyl sites for hydroxylation is 1. The molecule has 1 unspecified atom stereocenters. The van der Waals surface area contributed by atoms with E-state index in [0.717, 1.165) is 53.1 Å². The Labute approximate surface area is 185 Å². The number of benzene rings is 2. The zero-order chi connectivity index (χ0) is 21.4. The highest BCUT2D eigenvalue weighted by Crippen LogP contribution is 2.32. The molecular formula is C24H23ClN4O2. The Bertz CT molecular complexity index is 1240. The van der Waals surface area contributed by atoms with E-state index < -0.39 is 0 Å². The van der Waals surface area contributed by atoms with Crippen molar-refractivity contribution >= 4 is 28.5 Å². The molecule has 5 rings (SSSR count). The molecule has 1 saturated heterocycles. The van der Waals surface area contributed by atoms with Crippen molar-refractivity contribution < 1.29 is 9.21 Å². The van der Waals surface area contributed by atoms with E-state index in [2.05, 4.69) is 15.7 Å². The lowest BCUT2D eigenvalue weighted by molar-refractivity contribution is 0.0934. The van der Waals surface area contributed by atoms with Gasteiger partial charge in [-0.15, -0.1) is 0 Å². The predicted octanol–water partition coefficient (Wildman–Crippen LogP) is 4.40. The number of carbonyl (C=O) groups excluding carboxylic acids is 1. The monoisotopic (exact) mass is 434 g/mol. The van der Waals surface area contributed by atoms with Crippen molar-refractivity contribution in [1.29, 1.82) is 0 Å². The van der Waals surface area contributed by atoms with Gasteiger partial charge in [0, 0.05) is 39.8 Å². The molecule has 1 amide bonds. The maximum atomic E-state index is 12.6. The highest BCUT2D eigenvalue weighted by atomic mass is 35.5. The molecule has 31 heavy (non-hydrogen) atoms. The second kappa shape index (κ2) is 8.21. The standard InChI is InChI=1S/C24H23ClN4O2/c1-15-9-21(24(30)27-20-7-8-26-13-20)28-29(15)14-18-11-19(25)10-17-12-22(31-23(17)18)16-5-3-2-4-6-16/h2-6,9-12,20,26H,7-8,13-14H2,1H3,(H,27,30). The molecule has 3 heterocycles. The molecule has 0 bridgehead atoms. The van der Waals surface area contributed by atoms with Crippen LogP contribution in [0.3, 0.4) is 0 Å². The number of fused-ring (bicyclic) bond motifs is 1. The van der Waals surface area contributed by atoms with Crippen molar-refractivity contribution in [2.75, 3.05) is 13.1 Å². The lowest BCUT2D eigenvalue weighted by Crippen LogP contribution is -2.36. The van der Waals surface area contributed by atoms with Crippen LogP contribution in [0.5, 0.6) is 0 Å². The number of nitrogens with one attached hydrogen (secondary N) is 2. The van der Waals surface area contributed by atoms with Gasteiger partial charge in [0.2, 0.25) is 0 Å². The van der Waals surface area contributed by atoms with Crippen molar-refractivity contribution in [3.8, 4) is 11.3 Å². The number of rotatable bonds is 5. The Morgan fingerprint density at radius 2 is 2.10 bits per heavy atom. The molecule has 1 aliphatic heterocycles. The summed E-state index contributed by atoms with van der Waals surface area (Å²) in [6.45, 7) is 4.13. The Balaban J connectivity index is 1.44. The van der Waals surface area contributed by atoms with E-state index in [-0.39, 0.29) is 11.9 Å². The molecule has 2 aromatic carbocycles. The molecule has 1 fully saturated rings. The molecule has 6 nitrogen and oxygen atoms in total. The van der Waals surface area contributed by atoms with E-state index in [1.54, 1.807) is 0 Å². The molecule has 7 heteroatoms. The van der Waals surface area contributed by atoms with E-state index in [0.29, 0.717) is 17.3 Å². The summed E-state index contributed by atoms with van der Waals surface area (Å²) in [5, 5.41) is 12.4. The third-order valence-electron chi connectivity index (χ3n) is 5.65. The molecular weight excluding hydrogens is 412 g/mol. The van der Waals surface area contributed by atoms with Gasteiger partial charge in [0.25, 0.3) is 5.91 Å². The van der Waals surface area contributed by atoms with Crippen LogP contribution in [-0.4, -0.2) is 34.8 Å². The van der Waals surface area contributed by atoms with Crippen molar-refractivity contribution in [3.63, 3.8) is 0 Å². The smallest absolute Gasteiger partial charge is 0.272 e. The molecule has 1 aliphatic rings. The molecule has 0 spiro atoms. The Kier molecular flexibility index (Phi) is 5.26. The van der Waals surface area contributed by atoms with Crippen molar-refractivity contribution in [2.24, 2.45) is 0 Å². The van der Waals surface area contributed by atoms with Crippen molar-refractivity contribution in [3.05, 3.63) is 76.6 Å². The van der Waals surface area contributed by atoms with Crippen LogP contribution in [0, 0.1) is 6.92 Å². The SMILES string of the molecule is Cc1cc(C(=O)NC2CCNC2)nn1Cc1cc(Cl)cc2cc(-c3ccccc3)oc12. The van der Waals surface area contributed by atoms with Crippen molar-refractivity contribution in [2.45, 2.75) is 25.9 Å². The van der Waals surface area contributed by atoms with E-state index in [9.17, 15) is 4.79 Å². The minimum Gasteiger partial charge on any atom is -0.456 e. The third-order valence-corrected chi connectivity index (χ3v) is 5.86. The number of aromatic nitrogens is 2. The van der Waals surface area contributed by atoms with Crippen LogP contribution in [0.2, 0.25) is 5.02 Å². The minimum atomic E-state index is -0.142. The first kappa shape index (κ1) is 19.8. The first-order valence-corrected chi connectivity index (χ1v) is 10.8. The lowest BCUT2D eigenvalue weighted by Gasteiger charge is -2.09. The van der Waals surface area contributed by atoms with E-state index in [1.165, 1.54) is 0 Å². The molecule has 4 aromatic rings. The van der Waals surface area contributed by atoms with Crippen LogP contribution in [0.1, 0.15) is 28.2 Å². The summed E-state index contributed by atoms with van der Waals surface area (Å²) in [6, 6.07) is 17.8. The first-order valence-electron chi connectivity index (χ1n) is 10.4. The molecule has 0 radical (unpaired) electrons. The van der Waals surface area contributed by atoms with Crippen molar-refractivity contribution in [1.82, 2.24) is 20.4 Å². The van der Waals surface area contributed by atoms with Gasteiger partial charge in [0.1, 0.15) is 17.0 Å².